The number of H-pyrrole nitrogens is 1. The lowest BCUT2D eigenvalue weighted by molar-refractivity contribution is 0.0308. The molecular formula is C24H23N7O2. The maximum absolute atomic E-state index is 10.1. The highest BCUT2D eigenvalue weighted by molar-refractivity contribution is 5.84. The Morgan fingerprint density at radius 3 is 2.88 bits per heavy atom. The van der Waals surface area contributed by atoms with Crippen molar-refractivity contribution < 1.29 is 9.84 Å². The van der Waals surface area contributed by atoms with Crippen molar-refractivity contribution in [3.8, 4) is 17.0 Å². The zero-order valence-electron chi connectivity index (χ0n) is 18.3. The summed E-state index contributed by atoms with van der Waals surface area (Å²) in [6.07, 6.45) is 7.42. The van der Waals surface area contributed by atoms with Crippen molar-refractivity contribution in [3.63, 3.8) is 0 Å². The van der Waals surface area contributed by atoms with Crippen LogP contribution in [-0.2, 0) is 0 Å². The molecule has 2 aromatic carbocycles. The highest BCUT2D eigenvalue weighted by Crippen LogP contribution is 2.37. The first kappa shape index (κ1) is 19.6. The molecule has 0 atom stereocenters. The van der Waals surface area contributed by atoms with Crippen molar-refractivity contribution in [2.24, 2.45) is 0 Å². The number of β-amino-alcohol motifs (C(OH)–C–C–N with tert-alkyl or cyclic N) is 1. The molecule has 33 heavy (non-hydrogen) atoms. The van der Waals surface area contributed by atoms with Gasteiger partial charge in [0.2, 0.25) is 0 Å². The molecule has 6 rings (SSSR count). The summed E-state index contributed by atoms with van der Waals surface area (Å²) >= 11 is 0. The number of benzene rings is 2. The molecule has 0 bridgehead atoms. The highest BCUT2D eigenvalue weighted by Gasteiger charge is 2.37. The van der Waals surface area contributed by atoms with Crippen molar-refractivity contribution in [1.82, 2.24) is 24.6 Å². The van der Waals surface area contributed by atoms with Gasteiger partial charge in [0.1, 0.15) is 5.75 Å². The molecule has 1 fully saturated rings. The molecule has 4 heterocycles. The molecule has 5 aromatic rings. The number of nitrogens with one attached hydrogen (secondary N) is 2. The average molecular weight is 441 g/mol. The van der Waals surface area contributed by atoms with Crippen molar-refractivity contribution in [2.75, 3.05) is 30.4 Å². The third kappa shape index (κ3) is 3.42. The zero-order chi connectivity index (χ0) is 22.6. The van der Waals surface area contributed by atoms with Gasteiger partial charge in [0, 0.05) is 54.4 Å². The number of aromatic amines is 1. The standard InChI is InChI=1S/C24H23N7O2/c1-24(32)13-31(14-24)20-6-5-17(10-21(20)33-2)27-22-23-25-7-8-30(23)12-19(28-22)15-3-4-16-11-26-29-18(16)9-15/h3-12,32H,13-14H2,1-2H3,(H,26,29)(H,27,28). The fourth-order valence-electron chi connectivity index (χ4n) is 4.35. The summed E-state index contributed by atoms with van der Waals surface area (Å²) in [6, 6.07) is 12.0. The minimum atomic E-state index is -0.655. The molecule has 0 spiro atoms. The monoisotopic (exact) mass is 441 g/mol. The average Bonchev–Trinajstić information content (AvgIpc) is 3.46. The van der Waals surface area contributed by atoms with E-state index in [0.717, 1.165) is 44.9 Å². The second-order valence-corrected chi connectivity index (χ2v) is 8.67. The van der Waals surface area contributed by atoms with Gasteiger partial charge in [0.15, 0.2) is 11.5 Å². The van der Waals surface area contributed by atoms with Crippen LogP contribution in [0.2, 0.25) is 0 Å². The third-order valence-electron chi connectivity index (χ3n) is 5.96. The smallest absolute Gasteiger partial charge is 0.180 e. The van der Waals surface area contributed by atoms with Gasteiger partial charge in [0.25, 0.3) is 0 Å². The number of hydrogen-bond acceptors (Lipinski definition) is 7. The number of aliphatic hydroxyl groups is 1. The van der Waals surface area contributed by atoms with E-state index < -0.39 is 5.60 Å². The maximum Gasteiger partial charge on any atom is 0.180 e. The van der Waals surface area contributed by atoms with Gasteiger partial charge in [0.05, 0.1) is 35.8 Å². The Hall–Kier alpha value is -4.11. The van der Waals surface area contributed by atoms with Gasteiger partial charge < -0.3 is 24.5 Å². The molecule has 0 saturated carbocycles. The quantitative estimate of drug-likeness (QED) is 0.383. The van der Waals surface area contributed by atoms with Gasteiger partial charge in [-0.25, -0.2) is 9.97 Å². The van der Waals surface area contributed by atoms with Crippen LogP contribution in [0.4, 0.5) is 17.2 Å². The predicted molar refractivity (Wildman–Crippen MR) is 127 cm³/mol. The minimum Gasteiger partial charge on any atom is -0.495 e. The largest absolute Gasteiger partial charge is 0.495 e. The molecule has 1 aliphatic heterocycles. The Balaban J connectivity index is 1.36. The Kier molecular flexibility index (Phi) is 4.27. The Labute approximate surface area is 189 Å². The summed E-state index contributed by atoms with van der Waals surface area (Å²) in [5.41, 5.74) is 4.60. The number of rotatable bonds is 5. The molecule has 1 aliphatic rings. The molecule has 1 saturated heterocycles. The molecule has 3 N–H and O–H groups in total. The van der Waals surface area contributed by atoms with Crippen LogP contribution in [0.5, 0.6) is 5.75 Å². The van der Waals surface area contributed by atoms with Crippen LogP contribution in [0.25, 0.3) is 27.8 Å². The number of aromatic nitrogens is 5. The van der Waals surface area contributed by atoms with E-state index in [1.807, 2.05) is 60.1 Å². The first-order valence-electron chi connectivity index (χ1n) is 10.7. The van der Waals surface area contributed by atoms with E-state index >= 15 is 0 Å². The van der Waals surface area contributed by atoms with Crippen LogP contribution in [0, 0.1) is 0 Å². The van der Waals surface area contributed by atoms with E-state index in [9.17, 15) is 5.11 Å². The van der Waals surface area contributed by atoms with Crippen LogP contribution in [0.3, 0.4) is 0 Å². The Morgan fingerprint density at radius 1 is 1.18 bits per heavy atom. The van der Waals surface area contributed by atoms with Crippen LogP contribution in [0.15, 0.2) is 61.2 Å². The number of anilines is 3. The Morgan fingerprint density at radius 2 is 2.06 bits per heavy atom. The molecule has 0 radical (unpaired) electrons. The van der Waals surface area contributed by atoms with Crippen LogP contribution in [0.1, 0.15) is 6.92 Å². The molecule has 166 valence electrons. The van der Waals surface area contributed by atoms with Crippen molar-refractivity contribution in [1.29, 1.82) is 0 Å². The highest BCUT2D eigenvalue weighted by atomic mass is 16.5. The molecular weight excluding hydrogens is 418 g/mol. The second kappa shape index (κ2) is 7.21. The van der Waals surface area contributed by atoms with Gasteiger partial charge in [-0.1, -0.05) is 12.1 Å². The first-order chi connectivity index (χ1) is 16.0. The number of ether oxygens (including phenoxy) is 1. The molecule has 9 nitrogen and oxygen atoms in total. The third-order valence-corrected chi connectivity index (χ3v) is 5.96. The number of methoxy groups -OCH3 is 1. The summed E-state index contributed by atoms with van der Waals surface area (Å²) in [6.45, 7) is 2.99. The van der Waals surface area contributed by atoms with Crippen LogP contribution < -0.4 is 15.0 Å². The fraction of sp³-hybridized carbons (Fsp3) is 0.208. The van der Waals surface area contributed by atoms with Crippen molar-refractivity contribution in [3.05, 3.63) is 61.2 Å². The molecule has 0 unspecified atom stereocenters. The predicted octanol–water partition coefficient (Wildman–Crippen LogP) is 3.60. The van der Waals surface area contributed by atoms with E-state index in [2.05, 4.69) is 25.4 Å². The van der Waals surface area contributed by atoms with E-state index in [-0.39, 0.29) is 0 Å². The lowest BCUT2D eigenvalue weighted by Crippen LogP contribution is -2.60. The van der Waals surface area contributed by atoms with Gasteiger partial charge in [-0.05, 0) is 25.1 Å². The Bertz CT molecular complexity index is 1480. The van der Waals surface area contributed by atoms with E-state index in [4.69, 9.17) is 9.72 Å². The summed E-state index contributed by atoms with van der Waals surface area (Å²) in [5, 5.41) is 21.7. The zero-order valence-corrected chi connectivity index (χ0v) is 18.3. The number of hydrogen-bond donors (Lipinski definition) is 3. The summed E-state index contributed by atoms with van der Waals surface area (Å²) < 4.78 is 7.59. The maximum atomic E-state index is 10.1. The van der Waals surface area contributed by atoms with E-state index in [1.165, 1.54) is 0 Å². The summed E-state index contributed by atoms with van der Waals surface area (Å²) in [7, 11) is 1.65. The normalized spacial score (nSPS) is 15.1. The lowest BCUT2D eigenvalue weighted by atomic mass is 9.96. The van der Waals surface area contributed by atoms with Gasteiger partial charge in [-0.2, -0.15) is 5.10 Å². The molecule has 0 amide bonds. The van der Waals surface area contributed by atoms with Gasteiger partial charge >= 0.3 is 0 Å². The van der Waals surface area contributed by atoms with E-state index in [0.29, 0.717) is 18.9 Å². The molecule has 9 heteroatoms. The van der Waals surface area contributed by atoms with Crippen LogP contribution in [-0.4, -0.2) is 55.5 Å². The first-order valence-corrected chi connectivity index (χ1v) is 10.7. The van der Waals surface area contributed by atoms with Gasteiger partial charge in [-0.3, -0.25) is 5.10 Å². The number of imidazole rings is 1. The minimum absolute atomic E-state index is 0.578. The number of nitrogens with zero attached hydrogens (tertiary/aromatic N) is 5. The van der Waals surface area contributed by atoms with Gasteiger partial charge in [-0.15, -0.1) is 0 Å². The lowest BCUT2D eigenvalue weighted by Gasteiger charge is -2.46. The summed E-state index contributed by atoms with van der Waals surface area (Å²) in [5.74, 6) is 1.37. The van der Waals surface area contributed by atoms with Crippen molar-refractivity contribution in [2.45, 2.75) is 12.5 Å². The van der Waals surface area contributed by atoms with E-state index in [1.54, 1.807) is 19.5 Å². The number of fused-ring (bicyclic) bond motifs is 2. The fourth-order valence-corrected chi connectivity index (χ4v) is 4.35. The molecule has 3 aromatic heterocycles. The topological polar surface area (TPSA) is 104 Å². The molecule has 0 aliphatic carbocycles. The van der Waals surface area contributed by atoms with Crippen LogP contribution >= 0.6 is 0 Å². The second-order valence-electron chi connectivity index (χ2n) is 8.67. The summed E-state index contributed by atoms with van der Waals surface area (Å²) in [4.78, 5) is 11.4. The van der Waals surface area contributed by atoms with Crippen molar-refractivity contribution >= 4 is 33.7 Å². The SMILES string of the molecule is COc1cc(Nc2nc(-c3ccc4cn[nH]c4c3)cn3ccnc23)ccc1N1CC(C)(O)C1.